The van der Waals surface area contributed by atoms with Crippen LogP contribution in [0.25, 0.3) is 0 Å². The maximum Gasteiger partial charge on any atom is 0.307 e. The zero-order valence-electron chi connectivity index (χ0n) is 7.54. The Labute approximate surface area is 95.5 Å². The highest BCUT2D eigenvalue weighted by atomic mass is 127. The molecule has 0 aliphatic carbocycles. The van der Waals surface area contributed by atoms with Gasteiger partial charge in [0.05, 0.1) is 12.0 Å². The lowest BCUT2D eigenvalue weighted by atomic mass is 10.0. The van der Waals surface area contributed by atoms with Crippen molar-refractivity contribution in [3.05, 3.63) is 32.4 Å². The highest BCUT2D eigenvalue weighted by molar-refractivity contribution is 14.1. The third kappa shape index (κ3) is 2.23. The third-order valence-electron chi connectivity index (χ3n) is 1.96. The lowest BCUT2D eigenvalue weighted by molar-refractivity contribution is -0.136. The van der Waals surface area contributed by atoms with Gasteiger partial charge in [0.1, 0.15) is 6.07 Å². The number of nitrogens with zero attached hydrogens (tertiary/aromatic N) is 1. The lowest BCUT2D eigenvalue weighted by Crippen LogP contribution is -2.03. The lowest BCUT2D eigenvalue weighted by Gasteiger charge is -2.06. The fraction of sp³-hybridized carbons (Fsp3) is 0.200. The number of carboxylic acid groups (broad SMARTS) is 1. The Morgan fingerprint density at radius 3 is 2.79 bits per heavy atom. The Morgan fingerprint density at radius 1 is 1.64 bits per heavy atom. The van der Waals surface area contributed by atoms with Crippen molar-refractivity contribution in [1.82, 2.24) is 0 Å². The molecular formula is C10H8INO2. The molecule has 0 radical (unpaired) electrons. The van der Waals surface area contributed by atoms with Crippen molar-refractivity contribution < 1.29 is 9.90 Å². The second-order valence-corrected chi connectivity index (χ2v) is 3.97. The number of hydrogen-bond acceptors (Lipinski definition) is 2. The van der Waals surface area contributed by atoms with Crippen LogP contribution in [0.3, 0.4) is 0 Å². The van der Waals surface area contributed by atoms with E-state index in [-0.39, 0.29) is 6.42 Å². The summed E-state index contributed by atoms with van der Waals surface area (Å²) in [7, 11) is 0. The Morgan fingerprint density at radius 2 is 2.29 bits per heavy atom. The minimum absolute atomic E-state index is 0.00748. The van der Waals surface area contributed by atoms with Crippen LogP contribution in [0.5, 0.6) is 0 Å². The fourth-order valence-corrected chi connectivity index (χ4v) is 1.81. The van der Waals surface area contributed by atoms with Crippen LogP contribution in [-0.4, -0.2) is 11.1 Å². The smallest absolute Gasteiger partial charge is 0.307 e. The highest BCUT2D eigenvalue weighted by Crippen LogP contribution is 2.20. The molecule has 0 amide bonds. The van der Waals surface area contributed by atoms with Crippen LogP contribution >= 0.6 is 22.6 Å². The van der Waals surface area contributed by atoms with Crippen LogP contribution in [0.4, 0.5) is 0 Å². The first-order chi connectivity index (χ1) is 6.56. The first-order valence-electron chi connectivity index (χ1n) is 3.96. The maximum atomic E-state index is 10.5. The molecule has 14 heavy (non-hydrogen) atoms. The summed E-state index contributed by atoms with van der Waals surface area (Å²) in [6, 6.07) is 5.42. The van der Waals surface area contributed by atoms with E-state index in [9.17, 15) is 4.79 Å². The zero-order chi connectivity index (χ0) is 10.7. The van der Waals surface area contributed by atoms with Crippen LogP contribution in [0.1, 0.15) is 16.7 Å². The average Bonchev–Trinajstić information content (AvgIpc) is 2.13. The van der Waals surface area contributed by atoms with E-state index in [0.29, 0.717) is 5.56 Å². The molecule has 1 aromatic rings. The predicted octanol–water partition coefficient (Wildman–Crippen LogP) is 2.10. The SMILES string of the molecule is Cc1c(CC(=O)O)ccc(C#N)c1I. The van der Waals surface area contributed by atoms with Crippen molar-refractivity contribution >= 4 is 28.6 Å². The van der Waals surface area contributed by atoms with Gasteiger partial charge >= 0.3 is 5.97 Å². The molecule has 0 fully saturated rings. The van der Waals surface area contributed by atoms with Gasteiger partial charge in [-0.3, -0.25) is 4.79 Å². The van der Waals surface area contributed by atoms with Crippen molar-refractivity contribution in [2.75, 3.05) is 0 Å². The summed E-state index contributed by atoms with van der Waals surface area (Å²) in [6.07, 6.45) is 0.00748. The molecule has 1 N–H and O–H groups in total. The van der Waals surface area contributed by atoms with Gasteiger partial charge in [-0.25, -0.2) is 0 Å². The summed E-state index contributed by atoms with van der Waals surface area (Å²) in [4.78, 5) is 10.5. The van der Waals surface area contributed by atoms with Crippen molar-refractivity contribution in [3.8, 4) is 6.07 Å². The van der Waals surface area contributed by atoms with Crippen molar-refractivity contribution in [2.45, 2.75) is 13.3 Å². The number of hydrogen-bond donors (Lipinski definition) is 1. The van der Waals surface area contributed by atoms with Gasteiger partial charge in [-0.2, -0.15) is 5.26 Å². The second kappa shape index (κ2) is 4.42. The van der Waals surface area contributed by atoms with E-state index in [1.807, 2.05) is 6.92 Å². The van der Waals surface area contributed by atoms with Gasteiger partial charge < -0.3 is 5.11 Å². The summed E-state index contributed by atoms with van der Waals surface area (Å²) in [5, 5.41) is 17.4. The minimum Gasteiger partial charge on any atom is -0.481 e. The summed E-state index contributed by atoms with van der Waals surface area (Å²) in [5.41, 5.74) is 2.24. The molecule has 0 heterocycles. The van der Waals surface area contributed by atoms with E-state index in [0.717, 1.165) is 14.7 Å². The van der Waals surface area contributed by atoms with Crippen LogP contribution in [0.2, 0.25) is 0 Å². The van der Waals surface area contributed by atoms with E-state index in [1.54, 1.807) is 12.1 Å². The van der Waals surface area contributed by atoms with Gasteiger partial charge in [0.2, 0.25) is 0 Å². The molecule has 3 nitrogen and oxygen atoms in total. The molecule has 0 saturated heterocycles. The molecule has 0 saturated carbocycles. The average molecular weight is 301 g/mol. The summed E-state index contributed by atoms with van der Waals surface area (Å²) in [6.45, 7) is 1.83. The quantitative estimate of drug-likeness (QED) is 0.851. The molecule has 1 rings (SSSR count). The number of benzene rings is 1. The minimum atomic E-state index is -0.853. The highest BCUT2D eigenvalue weighted by Gasteiger charge is 2.09. The number of rotatable bonds is 2. The van der Waals surface area contributed by atoms with E-state index < -0.39 is 5.97 Å². The van der Waals surface area contributed by atoms with Crippen LogP contribution in [0.15, 0.2) is 12.1 Å². The van der Waals surface area contributed by atoms with Gasteiger partial charge in [-0.15, -0.1) is 0 Å². The summed E-state index contributed by atoms with van der Waals surface area (Å²) < 4.78 is 0.837. The van der Waals surface area contributed by atoms with Crippen LogP contribution in [-0.2, 0) is 11.2 Å². The van der Waals surface area contributed by atoms with E-state index >= 15 is 0 Å². The first-order valence-corrected chi connectivity index (χ1v) is 5.04. The van der Waals surface area contributed by atoms with E-state index in [4.69, 9.17) is 10.4 Å². The molecule has 4 heteroatoms. The molecule has 0 unspecified atom stereocenters. The number of aliphatic carboxylic acids is 1. The second-order valence-electron chi connectivity index (χ2n) is 2.89. The first kappa shape index (κ1) is 11.0. The molecule has 0 aliphatic heterocycles. The van der Waals surface area contributed by atoms with Gasteiger partial charge in [0.25, 0.3) is 0 Å². The monoisotopic (exact) mass is 301 g/mol. The van der Waals surface area contributed by atoms with Crippen molar-refractivity contribution in [2.24, 2.45) is 0 Å². The number of carbonyl (C=O) groups is 1. The molecular weight excluding hydrogens is 293 g/mol. The standard InChI is InChI=1S/C10H8INO2/c1-6-7(4-9(13)14)2-3-8(5-12)10(6)11/h2-3H,4H2,1H3,(H,13,14). The number of nitriles is 1. The fourth-order valence-electron chi connectivity index (χ4n) is 1.17. The Bertz CT molecular complexity index is 421. The summed E-state index contributed by atoms with van der Waals surface area (Å²) >= 11 is 2.06. The van der Waals surface area contributed by atoms with Gasteiger partial charge in [0, 0.05) is 3.57 Å². The van der Waals surface area contributed by atoms with Crippen molar-refractivity contribution in [1.29, 1.82) is 5.26 Å². The topological polar surface area (TPSA) is 61.1 Å². The number of carboxylic acids is 1. The van der Waals surface area contributed by atoms with Gasteiger partial charge in [-0.1, -0.05) is 6.07 Å². The van der Waals surface area contributed by atoms with E-state index in [1.165, 1.54) is 0 Å². The molecule has 0 aliphatic rings. The van der Waals surface area contributed by atoms with Crippen LogP contribution < -0.4 is 0 Å². The Kier molecular flexibility index (Phi) is 3.47. The van der Waals surface area contributed by atoms with Gasteiger partial charge in [0.15, 0.2) is 0 Å². The molecule has 0 aromatic heterocycles. The molecule has 0 atom stereocenters. The summed E-state index contributed by atoms with van der Waals surface area (Å²) in [5.74, 6) is -0.853. The molecule has 72 valence electrons. The Balaban J connectivity index is 3.18. The predicted molar refractivity (Wildman–Crippen MR) is 60.0 cm³/mol. The molecule has 0 bridgehead atoms. The Hall–Kier alpha value is -1.09. The van der Waals surface area contributed by atoms with Crippen LogP contribution in [0, 0.1) is 21.8 Å². The third-order valence-corrected chi connectivity index (χ3v) is 3.35. The van der Waals surface area contributed by atoms with E-state index in [2.05, 4.69) is 28.7 Å². The molecule has 0 spiro atoms. The number of halogens is 1. The zero-order valence-corrected chi connectivity index (χ0v) is 9.70. The maximum absolute atomic E-state index is 10.5. The van der Waals surface area contributed by atoms with Crippen molar-refractivity contribution in [3.63, 3.8) is 0 Å². The van der Waals surface area contributed by atoms with Gasteiger partial charge in [-0.05, 0) is 46.7 Å². The normalized spacial score (nSPS) is 9.50. The molecule has 1 aromatic carbocycles. The largest absolute Gasteiger partial charge is 0.481 e.